The number of hydrogen-bond donors (Lipinski definition) is 0. The van der Waals surface area contributed by atoms with Gasteiger partial charge in [0.15, 0.2) is 0 Å². The molecule has 0 saturated carbocycles. The van der Waals surface area contributed by atoms with E-state index < -0.39 is 10.4 Å². The second-order valence-electron chi connectivity index (χ2n) is 5.09. The van der Waals surface area contributed by atoms with E-state index in [9.17, 15) is 8.42 Å². The van der Waals surface area contributed by atoms with Gasteiger partial charge in [0.25, 0.3) is 0 Å². The van der Waals surface area contributed by atoms with Gasteiger partial charge in [0.2, 0.25) is 0 Å². The molecule has 0 aromatic rings. The maximum atomic E-state index is 11.5. The van der Waals surface area contributed by atoms with Crippen LogP contribution < -0.4 is 0 Å². The maximum Gasteiger partial charge on any atom is 0.399 e. The molecule has 0 bridgehead atoms. The van der Waals surface area contributed by atoms with Crippen LogP contribution in [-0.2, 0) is 37.7 Å². The van der Waals surface area contributed by atoms with Crippen molar-refractivity contribution in [2.45, 2.75) is 39.5 Å². The average Bonchev–Trinajstić information content (AvgIpc) is 2.59. The summed E-state index contributed by atoms with van der Waals surface area (Å²) in [5.74, 6) is 0. The normalized spacial score (nSPS) is 11.9. The smallest absolute Gasteiger partial charge is 0.379 e. The fourth-order valence-electron chi connectivity index (χ4n) is 1.70. The zero-order valence-corrected chi connectivity index (χ0v) is 16.4. The van der Waals surface area contributed by atoms with Gasteiger partial charge in [0.1, 0.15) is 0 Å². The summed E-state index contributed by atoms with van der Waals surface area (Å²) in [4.78, 5) is 0. The first-order valence-electron chi connectivity index (χ1n) is 8.97. The number of rotatable bonds is 20. The van der Waals surface area contributed by atoms with Gasteiger partial charge in [-0.15, -0.1) is 0 Å². The van der Waals surface area contributed by atoms with Crippen molar-refractivity contribution in [2.24, 2.45) is 0 Å². The first-order valence-corrected chi connectivity index (χ1v) is 10.3. The fraction of sp³-hybridized carbons (Fsp3) is 1.00. The minimum atomic E-state index is -3.91. The second kappa shape index (κ2) is 18.5. The molecule has 152 valence electrons. The lowest BCUT2D eigenvalue weighted by atomic mass is 10.3. The van der Waals surface area contributed by atoms with Crippen LogP contribution in [0.2, 0.25) is 0 Å². The summed E-state index contributed by atoms with van der Waals surface area (Å²) >= 11 is 0. The molecule has 0 fully saturated rings. The standard InChI is InChI=1S/C16H34O8S/c1-3-19-13-15-21-9-5-7-11-23-25(17,18)24-12-8-6-10-22-16-14-20-4-2/h3-16H2,1-2H3. The monoisotopic (exact) mass is 386 g/mol. The van der Waals surface area contributed by atoms with E-state index in [1.54, 1.807) is 0 Å². The van der Waals surface area contributed by atoms with Gasteiger partial charge >= 0.3 is 10.4 Å². The minimum absolute atomic E-state index is 0.0949. The molecule has 0 aromatic carbocycles. The summed E-state index contributed by atoms with van der Waals surface area (Å²) < 4.78 is 53.4. The van der Waals surface area contributed by atoms with Crippen molar-refractivity contribution < 1.29 is 35.7 Å². The highest BCUT2D eigenvalue weighted by Gasteiger charge is 2.11. The van der Waals surface area contributed by atoms with E-state index >= 15 is 0 Å². The van der Waals surface area contributed by atoms with Crippen LogP contribution in [0.3, 0.4) is 0 Å². The van der Waals surface area contributed by atoms with Gasteiger partial charge in [-0.3, -0.25) is 0 Å². The lowest BCUT2D eigenvalue weighted by Crippen LogP contribution is -2.13. The molecule has 0 heterocycles. The van der Waals surface area contributed by atoms with Crippen LogP contribution in [0.4, 0.5) is 0 Å². The van der Waals surface area contributed by atoms with Gasteiger partial charge < -0.3 is 18.9 Å². The molecule has 0 aliphatic rings. The molecule has 25 heavy (non-hydrogen) atoms. The first kappa shape index (κ1) is 24.7. The summed E-state index contributed by atoms with van der Waals surface area (Å²) in [5, 5.41) is 0. The summed E-state index contributed by atoms with van der Waals surface area (Å²) in [6.45, 7) is 8.76. The van der Waals surface area contributed by atoms with Crippen molar-refractivity contribution in [1.82, 2.24) is 0 Å². The Bertz CT molecular complexity index is 333. The molecule has 0 radical (unpaired) electrons. The molecule has 0 aliphatic carbocycles. The summed E-state index contributed by atoms with van der Waals surface area (Å²) in [5.41, 5.74) is 0. The molecular formula is C16H34O8S. The van der Waals surface area contributed by atoms with Gasteiger partial charge in [0.05, 0.1) is 39.6 Å². The topological polar surface area (TPSA) is 89.5 Å². The molecule has 0 amide bonds. The third-order valence-corrected chi connectivity index (χ3v) is 3.88. The van der Waals surface area contributed by atoms with Gasteiger partial charge in [-0.05, 0) is 39.5 Å². The van der Waals surface area contributed by atoms with Crippen LogP contribution in [0, 0.1) is 0 Å². The van der Waals surface area contributed by atoms with Crippen LogP contribution in [0.1, 0.15) is 39.5 Å². The van der Waals surface area contributed by atoms with Crippen molar-refractivity contribution >= 4 is 10.4 Å². The molecule has 0 atom stereocenters. The SMILES string of the molecule is CCOCCOCCCCOS(=O)(=O)OCCCCOCCOCC. The Morgan fingerprint density at radius 3 is 1.28 bits per heavy atom. The molecule has 0 N–H and O–H groups in total. The lowest BCUT2D eigenvalue weighted by molar-refractivity contribution is 0.0496. The average molecular weight is 387 g/mol. The molecule has 0 aliphatic heterocycles. The fourth-order valence-corrected chi connectivity index (χ4v) is 2.41. The summed E-state index contributed by atoms with van der Waals surface area (Å²) in [7, 11) is -3.91. The van der Waals surface area contributed by atoms with Crippen LogP contribution in [0.5, 0.6) is 0 Å². The molecule has 9 heteroatoms. The Labute approximate surface area is 152 Å². The van der Waals surface area contributed by atoms with Crippen molar-refractivity contribution in [2.75, 3.05) is 66.1 Å². The zero-order valence-electron chi connectivity index (χ0n) is 15.6. The summed E-state index contributed by atoms with van der Waals surface area (Å²) in [6, 6.07) is 0. The Morgan fingerprint density at radius 1 is 0.520 bits per heavy atom. The van der Waals surface area contributed by atoms with Crippen molar-refractivity contribution in [1.29, 1.82) is 0 Å². The molecule has 8 nitrogen and oxygen atoms in total. The number of hydrogen-bond acceptors (Lipinski definition) is 8. The van der Waals surface area contributed by atoms with Gasteiger partial charge in [0, 0.05) is 26.4 Å². The van der Waals surface area contributed by atoms with Crippen molar-refractivity contribution in [3.8, 4) is 0 Å². The molecule has 0 saturated heterocycles. The van der Waals surface area contributed by atoms with Crippen molar-refractivity contribution in [3.63, 3.8) is 0 Å². The van der Waals surface area contributed by atoms with E-state index in [0.717, 1.165) is 12.8 Å². The summed E-state index contributed by atoms with van der Waals surface area (Å²) in [6.07, 6.45) is 2.62. The van der Waals surface area contributed by atoms with E-state index in [4.69, 9.17) is 27.3 Å². The van der Waals surface area contributed by atoms with Gasteiger partial charge in [-0.25, -0.2) is 8.37 Å². The van der Waals surface area contributed by atoms with E-state index in [1.165, 1.54) is 0 Å². The lowest BCUT2D eigenvalue weighted by Gasteiger charge is -2.07. The highest BCUT2D eigenvalue weighted by Crippen LogP contribution is 2.02. The number of unbranched alkanes of at least 4 members (excludes halogenated alkanes) is 2. The quantitative estimate of drug-likeness (QED) is 0.293. The van der Waals surface area contributed by atoms with E-state index in [-0.39, 0.29) is 13.2 Å². The zero-order chi connectivity index (χ0) is 18.6. The predicted molar refractivity (Wildman–Crippen MR) is 93.9 cm³/mol. The Kier molecular flexibility index (Phi) is 18.3. The van der Waals surface area contributed by atoms with E-state index in [0.29, 0.717) is 65.7 Å². The number of ether oxygens (including phenoxy) is 4. The molecule has 0 rings (SSSR count). The van der Waals surface area contributed by atoms with Crippen LogP contribution in [0.25, 0.3) is 0 Å². The second-order valence-corrected chi connectivity index (χ2v) is 6.37. The Morgan fingerprint density at radius 2 is 0.880 bits per heavy atom. The van der Waals surface area contributed by atoms with Gasteiger partial charge in [-0.2, -0.15) is 8.42 Å². The Hall–Kier alpha value is -0.290. The van der Waals surface area contributed by atoms with Crippen LogP contribution >= 0.6 is 0 Å². The van der Waals surface area contributed by atoms with Crippen molar-refractivity contribution in [3.05, 3.63) is 0 Å². The van der Waals surface area contributed by atoms with E-state index in [2.05, 4.69) is 0 Å². The highest BCUT2D eigenvalue weighted by molar-refractivity contribution is 7.81. The minimum Gasteiger partial charge on any atom is -0.379 e. The molecular weight excluding hydrogens is 352 g/mol. The Balaban J connectivity index is 3.35. The predicted octanol–water partition coefficient (Wildman–Crippen LogP) is 1.93. The first-order chi connectivity index (χ1) is 12.1. The van der Waals surface area contributed by atoms with Crippen LogP contribution in [-0.4, -0.2) is 74.5 Å². The highest BCUT2D eigenvalue weighted by atomic mass is 32.3. The molecule has 0 spiro atoms. The third kappa shape index (κ3) is 19.9. The molecule has 0 unspecified atom stereocenters. The largest absolute Gasteiger partial charge is 0.399 e. The van der Waals surface area contributed by atoms with Gasteiger partial charge in [-0.1, -0.05) is 0 Å². The maximum absolute atomic E-state index is 11.5. The van der Waals surface area contributed by atoms with E-state index in [1.807, 2.05) is 13.8 Å². The third-order valence-electron chi connectivity index (χ3n) is 2.97. The van der Waals surface area contributed by atoms with Crippen LogP contribution in [0.15, 0.2) is 0 Å². The molecule has 0 aromatic heterocycles.